The van der Waals surface area contributed by atoms with Crippen LogP contribution in [-0.2, 0) is 14.3 Å². The molecule has 0 saturated heterocycles. The van der Waals surface area contributed by atoms with Crippen LogP contribution in [0.15, 0.2) is 54.4 Å². The average molecular weight is 286 g/mol. The maximum atomic E-state index is 12.3. The van der Waals surface area contributed by atoms with E-state index in [-0.39, 0.29) is 5.91 Å². The van der Waals surface area contributed by atoms with Crippen LogP contribution in [0.25, 0.3) is 0 Å². The first-order valence-corrected chi connectivity index (χ1v) is 6.64. The van der Waals surface area contributed by atoms with E-state index in [9.17, 15) is 9.59 Å². The van der Waals surface area contributed by atoms with Crippen LogP contribution in [-0.4, -0.2) is 30.9 Å². The normalized spacial score (nSPS) is 15.1. The Bertz CT molecular complexity index is 578. The zero-order valence-electron chi connectivity index (χ0n) is 12.1. The van der Waals surface area contributed by atoms with Gasteiger partial charge in [-0.3, -0.25) is 4.79 Å². The molecule has 1 aromatic rings. The van der Waals surface area contributed by atoms with Gasteiger partial charge in [0.15, 0.2) is 6.04 Å². The topological polar surface area (TPSA) is 58.6 Å². The molecule has 0 bridgehead atoms. The number of hydrogen-bond acceptors (Lipinski definition) is 4. The molecule has 0 aromatic heterocycles. The Hall–Kier alpha value is -2.56. The van der Waals surface area contributed by atoms with E-state index in [0.717, 1.165) is 0 Å². The van der Waals surface area contributed by atoms with E-state index < -0.39 is 12.0 Å². The first-order chi connectivity index (χ1) is 10.1. The molecule has 1 N–H and O–H groups in total. The Labute approximate surface area is 123 Å². The maximum Gasteiger partial charge on any atom is 0.333 e. The number of esters is 1. The summed E-state index contributed by atoms with van der Waals surface area (Å²) in [6, 6.07) is 8.23. The molecule has 0 unspecified atom stereocenters. The summed E-state index contributed by atoms with van der Waals surface area (Å²) < 4.78 is 4.78. The van der Waals surface area contributed by atoms with Crippen molar-refractivity contribution in [2.75, 3.05) is 14.2 Å². The van der Waals surface area contributed by atoms with Crippen molar-refractivity contribution >= 4 is 11.9 Å². The van der Waals surface area contributed by atoms with E-state index in [0.29, 0.717) is 17.6 Å². The number of nitrogens with one attached hydrogen (secondary N) is 1. The highest BCUT2D eigenvalue weighted by atomic mass is 16.5. The van der Waals surface area contributed by atoms with Gasteiger partial charge in [0.2, 0.25) is 5.91 Å². The minimum Gasteiger partial charge on any atom is -0.467 e. The zero-order chi connectivity index (χ0) is 15.2. The number of rotatable bonds is 4. The van der Waals surface area contributed by atoms with E-state index in [4.69, 9.17) is 4.74 Å². The summed E-state index contributed by atoms with van der Waals surface area (Å²) in [5, 5.41) is 2.73. The molecule has 5 heteroatoms. The molecule has 1 aliphatic rings. The quantitative estimate of drug-likeness (QED) is 0.857. The standard InChI is InChI=1S/C16H18N2O3/c1-18-10-6-9-13(11-18)15(19)17-14(16(20)21-2)12-7-4-3-5-8-12/h3-8,10-11,14H,9H2,1-2H3,(H,17,19)/t14-/m0/s1. The molecule has 1 aromatic carbocycles. The fourth-order valence-electron chi connectivity index (χ4n) is 2.10. The van der Waals surface area contributed by atoms with E-state index in [2.05, 4.69) is 5.32 Å². The van der Waals surface area contributed by atoms with E-state index in [1.165, 1.54) is 7.11 Å². The van der Waals surface area contributed by atoms with Gasteiger partial charge in [-0.1, -0.05) is 36.4 Å². The van der Waals surface area contributed by atoms with Crippen LogP contribution in [0.4, 0.5) is 0 Å². The Balaban J connectivity index is 2.16. The van der Waals surface area contributed by atoms with Crippen molar-refractivity contribution < 1.29 is 14.3 Å². The molecule has 21 heavy (non-hydrogen) atoms. The molecule has 0 spiro atoms. The number of carbonyl (C=O) groups is 2. The van der Waals surface area contributed by atoms with Gasteiger partial charge in [-0.25, -0.2) is 4.79 Å². The van der Waals surface area contributed by atoms with Crippen LogP contribution >= 0.6 is 0 Å². The fraction of sp³-hybridized carbons (Fsp3) is 0.250. The molecule has 1 atom stereocenters. The van der Waals surface area contributed by atoms with Gasteiger partial charge in [0.25, 0.3) is 0 Å². The third-order valence-electron chi connectivity index (χ3n) is 3.17. The van der Waals surface area contributed by atoms with Crippen molar-refractivity contribution in [1.82, 2.24) is 10.2 Å². The Kier molecular flexibility index (Phi) is 4.77. The van der Waals surface area contributed by atoms with Gasteiger partial charge >= 0.3 is 5.97 Å². The first kappa shape index (κ1) is 14.8. The third-order valence-corrected chi connectivity index (χ3v) is 3.17. The number of methoxy groups -OCH3 is 1. The molecule has 0 fully saturated rings. The van der Waals surface area contributed by atoms with Crippen LogP contribution < -0.4 is 5.32 Å². The summed E-state index contributed by atoms with van der Waals surface area (Å²) in [5.74, 6) is -0.764. The summed E-state index contributed by atoms with van der Waals surface area (Å²) in [7, 11) is 3.15. The van der Waals surface area contributed by atoms with Crippen molar-refractivity contribution in [1.29, 1.82) is 0 Å². The highest BCUT2D eigenvalue weighted by molar-refractivity contribution is 5.96. The second kappa shape index (κ2) is 6.74. The number of ether oxygens (including phenoxy) is 1. The molecule has 0 radical (unpaired) electrons. The van der Waals surface area contributed by atoms with Crippen molar-refractivity contribution in [2.45, 2.75) is 12.5 Å². The van der Waals surface area contributed by atoms with E-state index in [1.807, 2.05) is 37.5 Å². The fourth-order valence-corrected chi connectivity index (χ4v) is 2.10. The Morgan fingerprint density at radius 3 is 2.62 bits per heavy atom. The summed E-state index contributed by atoms with van der Waals surface area (Å²) in [6.45, 7) is 0. The number of hydrogen-bond donors (Lipinski definition) is 1. The van der Waals surface area contributed by atoms with Crippen molar-refractivity contribution in [3.63, 3.8) is 0 Å². The van der Waals surface area contributed by atoms with Crippen LogP contribution in [0.1, 0.15) is 18.0 Å². The van der Waals surface area contributed by atoms with Gasteiger partial charge in [0, 0.05) is 18.8 Å². The molecule has 1 aliphatic heterocycles. The highest BCUT2D eigenvalue weighted by Crippen LogP contribution is 2.17. The summed E-state index contributed by atoms with van der Waals surface area (Å²) >= 11 is 0. The zero-order valence-corrected chi connectivity index (χ0v) is 12.1. The number of nitrogens with zero attached hydrogens (tertiary/aromatic N) is 1. The summed E-state index contributed by atoms with van der Waals surface area (Å²) in [4.78, 5) is 26.0. The lowest BCUT2D eigenvalue weighted by atomic mass is 10.1. The predicted octanol–water partition coefficient (Wildman–Crippen LogP) is 1.75. The number of amides is 1. The van der Waals surface area contributed by atoms with E-state index >= 15 is 0 Å². The smallest absolute Gasteiger partial charge is 0.333 e. The van der Waals surface area contributed by atoms with Gasteiger partial charge in [-0.15, -0.1) is 0 Å². The second-order valence-electron chi connectivity index (χ2n) is 4.75. The first-order valence-electron chi connectivity index (χ1n) is 6.64. The molecule has 0 aliphatic carbocycles. The van der Waals surface area contributed by atoms with Gasteiger partial charge in [-0.05, 0) is 18.2 Å². The van der Waals surface area contributed by atoms with Gasteiger partial charge in [0.1, 0.15) is 0 Å². The van der Waals surface area contributed by atoms with Crippen molar-refractivity contribution in [2.24, 2.45) is 0 Å². The van der Waals surface area contributed by atoms with Crippen molar-refractivity contribution in [3.05, 3.63) is 59.9 Å². The minimum atomic E-state index is -0.805. The van der Waals surface area contributed by atoms with Crippen LogP contribution in [0, 0.1) is 0 Å². The number of carbonyl (C=O) groups excluding carboxylic acids is 2. The molecular weight excluding hydrogens is 268 g/mol. The van der Waals surface area contributed by atoms with Gasteiger partial charge in [-0.2, -0.15) is 0 Å². The Morgan fingerprint density at radius 2 is 2.00 bits per heavy atom. The molecular formula is C16H18N2O3. The monoisotopic (exact) mass is 286 g/mol. The molecule has 1 heterocycles. The number of benzene rings is 1. The van der Waals surface area contributed by atoms with Gasteiger partial charge < -0.3 is 15.0 Å². The maximum absolute atomic E-state index is 12.3. The predicted molar refractivity (Wildman–Crippen MR) is 78.9 cm³/mol. The molecule has 110 valence electrons. The number of allylic oxidation sites excluding steroid dienone is 1. The van der Waals surface area contributed by atoms with Crippen LogP contribution in [0.5, 0.6) is 0 Å². The largest absolute Gasteiger partial charge is 0.467 e. The summed E-state index contributed by atoms with van der Waals surface area (Å²) in [5.41, 5.74) is 1.29. The van der Waals surface area contributed by atoms with Crippen molar-refractivity contribution in [3.8, 4) is 0 Å². The Morgan fingerprint density at radius 1 is 1.29 bits per heavy atom. The van der Waals surface area contributed by atoms with Gasteiger partial charge in [0.05, 0.1) is 7.11 Å². The molecule has 2 rings (SSSR count). The lowest BCUT2D eigenvalue weighted by Crippen LogP contribution is -2.36. The lowest BCUT2D eigenvalue weighted by Gasteiger charge is -2.20. The molecule has 5 nitrogen and oxygen atoms in total. The summed E-state index contributed by atoms with van der Waals surface area (Å²) in [6.07, 6.45) is 6.06. The molecule has 0 saturated carbocycles. The van der Waals surface area contributed by atoms with Crippen LogP contribution in [0.3, 0.4) is 0 Å². The molecule has 1 amide bonds. The van der Waals surface area contributed by atoms with Crippen LogP contribution in [0.2, 0.25) is 0 Å². The SMILES string of the molecule is COC(=O)[C@@H](NC(=O)C1=CN(C)C=CC1)c1ccccc1. The third kappa shape index (κ3) is 3.72. The average Bonchev–Trinajstić information content (AvgIpc) is 2.52. The second-order valence-corrected chi connectivity index (χ2v) is 4.75. The van der Waals surface area contributed by atoms with E-state index in [1.54, 1.807) is 23.2 Å². The highest BCUT2D eigenvalue weighted by Gasteiger charge is 2.25. The minimum absolute atomic E-state index is 0.273. The lowest BCUT2D eigenvalue weighted by molar-refractivity contribution is -0.144.